The van der Waals surface area contributed by atoms with Crippen molar-refractivity contribution in [1.29, 1.82) is 0 Å². The lowest BCUT2D eigenvalue weighted by atomic mass is 10.1. The van der Waals surface area contributed by atoms with E-state index in [0.29, 0.717) is 17.8 Å². The first-order valence-electron chi connectivity index (χ1n) is 8.30. The minimum Gasteiger partial charge on any atom is -0.376 e. The zero-order valence-corrected chi connectivity index (χ0v) is 15.5. The molecule has 1 aromatic heterocycles. The Hall–Kier alpha value is -2.12. The lowest BCUT2D eigenvalue weighted by Crippen LogP contribution is -2.28. The molecule has 29 heavy (non-hydrogen) atoms. The van der Waals surface area contributed by atoms with E-state index < -0.39 is 38.5 Å². The number of alkyl halides is 6. The number of benzene rings is 1. The highest BCUT2D eigenvalue weighted by Gasteiger charge is 2.39. The van der Waals surface area contributed by atoms with Crippen molar-refractivity contribution in [2.75, 3.05) is 13.2 Å². The van der Waals surface area contributed by atoms with E-state index in [2.05, 4.69) is 9.82 Å². The fraction of sp³-hybridized carbons (Fsp3) is 0.438. The molecule has 13 heteroatoms. The van der Waals surface area contributed by atoms with Crippen molar-refractivity contribution >= 4 is 10.0 Å². The van der Waals surface area contributed by atoms with E-state index in [4.69, 9.17) is 4.74 Å². The van der Waals surface area contributed by atoms with E-state index in [-0.39, 0.29) is 38.3 Å². The summed E-state index contributed by atoms with van der Waals surface area (Å²) in [6.45, 7) is -0.497. The average Bonchev–Trinajstić information content (AvgIpc) is 3.00. The quantitative estimate of drug-likeness (QED) is 0.722. The topological polar surface area (TPSA) is 73.2 Å². The Kier molecular flexibility index (Phi) is 5.66. The van der Waals surface area contributed by atoms with Gasteiger partial charge in [-0.15, -0.1) is 0 Å². The van der Waals surface area contributed by atoms with Gasteiger partial charge in [-0.1, -0.05) is 0 Å². The maximum Gasteiger partial charge on any atom is 0.435 e. The van der Waals surface area contributed by atoms with E-state index in [1.54, 1.807) is 0 Å². The van der Waals surface area contributed by atoms with Crippen LogP contribution in [0, 0.1) is 0 Å². The predicted molar refractivity (Wildman–Crippen MR) is 87.2 cm³/mol. The van der Waals surface area contributed by atoms with Crippen LogP contribution in [0.2, 0.25) is 0 Å². The molecule has 1 aliphatic heterocycles. The molecule has 0 bridgehead atoms. The second-order valence-corrected chi connectivity index (χ2v) is 7.98. The van der Waals surface area contributed by atoms with Crippen molar-refractivity contribution < 1.29 is 39.5 Å². The Morgan fingerprint density at radius 2 is 1.72 bits per heavy atom. The first-order chi connectivity index (χ1) is 13.4. The molecule has 0 spiro atoms. The highest BCUT2D eigenvalue weighted by atomic mass is 32.2. The van der Waals surface area contributed by atoms with Crippen LogP contribution in [0.5, 0.6) is 0 Å². The smallest absolute Gasteiger partial charge is 0.376 e. The minimum absolute atomic E-state index is 0.0747. The molecule has 1 aliphatic rings. The number of fused-ring (bicyclic) bond motifs is 1. The molecule has 0 fully saturated rings. The molecule has 0 atom stereocenters. The standard InChI is InChI=1S/C16H15F6N3O3S/c17-15(18,19)10-1-3-11(4-2-10)29(26,27)23-6-7-25-13-5-8-28-9-12(13)14(24-25)16(20,21)22/h1-4,23H,5-9H2. The highest BCUT2D eigenvalue weighted by Crippen LogP contribution is 2.34. The summed E-state index contributed by atoms with van der Waals surface area (Å²) in [5.74, 6) is 0. The van der Waals surface area contributed by atoms with Gasteiger partial charge in [0.15, 0.2) is 5.69 Å². The second kappa shape index (κ2) is 7.61. The van der Waals surface area contributed by atoms with Gasteiger partial charge in [0, 0.05) is 24.2 Å². The van der Waals surface area contributed by atoms with E-state index >= 15 is 0 Å². The summed E-state index contributed by atoms with van der Waals surface area (Å²) < 4.78 is 110. The molecule has 160 valence electrons. The van der Waals surface area contributed by atoms with Gasteiger partial charge in [0.25, 0.3) is 0 Å². The first-order valence-corrected chi connectivity index (χ1v) is 9.78. The van der Waals surface area contributed by atoms with Crippen LogP contribution < -0.4 is 4.72 Å². The number of hydrogen-bond donors (Lipinski definition) is 1. The monoisotopic (exact) mass is 443 g/mol. The summed E-state index contributed by atoms with van der Waals surface area (Å²) in [6, 6.07) is 2.88. The highest BCUT2D eigenvalue weighted by molar-refractivity contribution is 7.89. The Morgan fingerprint density at radius 1 is 1.07 bits per heavy atom. The third-order valence-electron chi connectivity index (χ3n) is 4.27. The van der Waals surface area contributed by atoms with Gasteiger partial charge < -0.3 is 4.74 Å². The molecule has 1 N–H and O–H groups in total. The molecule has 0 unspecified atom stereocenters. The maximum absolute atomic E-state index is 13.1. The van der Waals surface area contributed by atoms with Crippen LogP contribution in [0.25, 0.3) is 0 Å². The number of hydrogen-bond acceptors (Lipinski definition) is 4. The second-order valence-electron chi connectivity index (χ2n) is 6.22. The maximum atomic E-state index is 13.1. The van der Waals surface area contributed by atoms with Gasteiger partial charge in [0.2, 0.25) is 10.0 Å². The van der Waals surface area contributed by atoms with Gasteiger partial charge in [-0.2, -0.15) is 31.4 Å². The van der Waals surface area contributed by atoms with Gasteiger partial charge in [0.05, 0.1) is 30.2 Å². The summed E-state index contributed by atoms with van der Waals surface area (Å²) >= 11 is 0. The lowest BCUT2D eigenvalue weighted by Gasteiger charge is -2.15. The van der Waals surface area contributed by atoms with Crippen LogP contribution in [0.15, 0.2) is 29.2 Å². The number of sulfonamides is 1. The van der Waals surface area contributed by atoms with E-state index in [1.165, 1.54) is 0 Å². The van der Waals surface area contributed by atoms with E-state index in [1.807, 2.05) is 0 Å². The number of rotatable bonds is 5. The molecular weight excluding hydrogens is 428 g/mol. The number of aromatic nitrogens is 2. The molecule has 2 aromatic rings. The first kappa shape index (κ1) is 21.6. The lowest BCUT2D eigenvalue weighted by molar-refractivity contribution is -0.143. The fourth-order valence-corrected chi connectivity index (χ4v) is 3.93. The third-order valence-corrected chi connectivity index (χ3v) is 5.75. The van der Waals surface area contributed by atoms with Gasteiger partial charge >= 0.3 is 12.4 Å². The van der Waals surface area contributed by atoms with Crippen molar-refractivity contribution in [2.24, 2.45) is 0 Å². The van der Waals surface area contributed by atoms with Crippen LogP contribution in [0.3, 0.4) is 0 Å². The van der Waals surface area contributed by atoms with Crippen molar-refractivity contribution in [2.45, 2.75) is 36.8 Å². The van der Waals surface area contributed by atoms with Gasteiger partial charge in [-0.25, -0.2) is 13.1 Å². The summed E-state index contributed by atoms with van der Waals surface area (Å²) in [6.07, 6.45) is -9.07. The largest absolute Gasteiger partial charge is 0.435 e. The van der Waals surface area contributed by atoms with Crippen LogP contribution in [0.4, 0.5) is 26.3 Å². The summed E-state index contributed by atoms with van der Waals surface area (Å²) in [5, 5.41) is 3.55. The van der Waals surface area contributed by atoms with Gasteiger partial charge in [-0.3, -0.25) is 4.68 Å². The Balaban J connectivity index is 1.72. The molecule has 0 saturated heterocycles. The van der Waals surface area contributed by atoms with Crippen molar-refractivity contribution in [3.8, 4) is 0 Å². The fourth-order valence-electron chi connectivity index (χ4n) is 2.91. The number of halogens is 6. The summed E-state index contributed by atoms with van der Waals surface area (Å²) in [4.78, 5) is -0.391. The van der Waals surface area contributed by atoms with Crippen LogP contribution in [-0.4, -0.2) is 31.3 Å². The van der Waals surface area contributed by atoms with Crippen molar-refractivity contribution in [1.82, 2.24) is 14.5 Å². The molecule has 0 radical (unpaired) electrons. The molecule has 1 aromatic carbocycles. The molecular formula is C16H15F6N3O3S. The number of nitrogens with zero attached hydrogens (tertiary/aromatic N) is 2. The van der Waals surface area contributed by atoms with Gasteiger partial charge in [-0.05, 0) is 24.3 Å². The summed E-state index contributed by atoms with van der Waals surface area (Å²) in [5.41, 5.74) is -1.83. The summed E-state index contributed by atoms with van der Waals surface area (Å²) in [7, 11) is -4.14. The van der Waals surface area contributed by atoms with Crippen molar-refractivity contribution in [3.63, 3.8) is 0 Å². The molecule has 0 aliphatic carbocycles. The Labute approximate surface area is 161 Å². The van der Waals surface area contributed by atoms with Crippen LogP contribution >= 0.6 is 0 Å². The Morgan fingerprint density at radius 3 is 2.31 bits per heavy atom. The van der Waals surface area contributed by atoms with E-state index in [0.717, 1.165) is 16.8 Å². The predicted octanol–water partition coefficient (Wildman–Crippen LogP) is 2.97. The van der Waals surface area contributed by atoms with Gasteiger partial charge in [0.1, 0.15) is 0 Å². The van der Waals surface area contributed by atoms with E-state index in [9.17, 15) is 34.8 Å². The molecule has 2 heterocycles. The van der Waals surface area contributed by atoms with Crippen molar-refractivity contribution in [3.05, 3.63) is 46.8 Å². The minimum atomic E-state index is -4.67. The Bertz CT molecular complexity index is 981. The van der Waals surface area contributed by atoms with Crippen LogP contribution in [-0.2, 0) is 46.7 Å². The molecule has 0 saturated carbocycles. The zero-order chi connectivity index (χ0) is 21.4. The third kappa shape index (κ3) is 4.73. The normalized spacial score (nSPS) is 15.4. The number of ether oxygens (including phenoxy) is 1. The number of nitrogens with one attached hydrogen (secondary N) is 1. The van der Waals surface area contributed by atoms with Crippen LogP contribution in [0.1, 0.15) is 22.5 Å². The molecule has 0 amide bonds. The SMILES string of the molecule is O=S(=O)(NCCn1nc(C(F)(F)F)c2c1CCOC2)c1ccc(C(F)(F)F)cc1. The molecule has 3 rings (SSSR count). The zero-order valence-electron chi connectivity index (χ0n) is 14.6. The molecule has 6 nitrogen and oxygen atoms in total. The average molecular weight is 443 g/mol.